The number of alkyl halides is 1. The van der Waals surface area contributed by atoms with E-state index < -0.39 is 0 Å². The topological polar surface area (TPSA) is 30.0 Å². The first-order chi connectivity index (χ1) is 6.45. The van der Waals surface area contributed by atoms with Gasteiger partial charge in [0.1, 0.15) is 5.69 Å². The second-order valence-electron chi connectivity index (χ2n) is 4.23. The fourth-order valence-electron chi connectivity index (χ4n) is 1.06. The van der Waals surface area contributed by atoms with Crippen LogP contribution in [0.4, 0.5) is 0 Å². The monoisotopic (exact) mass is 255 g/mol. The molecular formula is C11H14BrNO. The molecule has 0 aromatic carbocycles. The van der Waals surface area contributed by atoms with Gasteiger partial charge in [-0.1, -0.05) is 42.8 Å². The lowest BCUT2D eigenvalue weighted by molar-refractivity contribution is 0.0852. The van der Waals surface area contributed by atoms with Gasteiger partial charge in [-0.15, -0.1) is 0 Å². The van der Waals surface area contributed by atoms with Crippen molar-refractivity contribution in [2.45, 2.75) is 26.1 Å². The van der Waals surface area contributed by atoms with Crippen LogP contribution in [0.15, 0.2) is 18.2 Å². The molecule has 0 aliphatic rings. The average molecular weight is 256 g/mol. The molecule has 0 bridgehead atoms. The van der Waals surface area contributed by atoms with Crippen molar-refractivity contribution in [3.8, 4) is 0 Å². The van der Waals surface area contributed by atoms with Crippen molar-refractivity contribution >= 4 is 21.7 Å². The second-order valence-corrected chi connectivity index (χ2v) is 4.79. The molecule has 0 N–H and O–H groups in total. The molecule has 2 nitrogen and oxygen atoms in total. The Hall–Kier alpha value is -0.700. The minimum Gasteiger partial charge on any atom is -0.292 e. The van der Waals surface area contributed by atoms with E-state index in [4.69, 9.17) is 0 Å². The molecule has 1 heterocycles. The van der Waals surface area contributed by atoms with Gasteiger partial charge in [0.2, 0.25) is 0 Å². The van der Waals surface area contributed by atoms with Crippen molar-refractivity contribution in [3.05, 3.63) is 29.6 Å². The first kappa shape index (κ1) is 11.4. The van der Waals surface area contributed by atoms with Crippen LogP contribution in [-0.2, 0) is 5.33 Å². The molecule has 0 fully saturated rings. The van der Waals surface area contributed by atoms with Crippen LogP contribution in [0.3, 0.4) is 0 Å². The standard InChI is InChI=1S/C11H14BrNO/c1-11(2,3)10(14)9-6-4-5-8(7-12)13-9/h4-6H,7H2,1-3H3. The van der Waals surface area contributed by atoms with Crippen molar-refractivity contribution in [1.82, 2.24) is 4.98 Å². The molecule has 3 heteroatoms. The zero-order valence-corrected chi connectivity index (χ0v) is 10.3. The van der Waals surface area contributed by atoms with Crippen LogP contribution in [0.2, 0.25) is 0 Å². The summed E-state index contributed by atoms with van der Waals surface area (Å²) in [5.74, 6) is 0.0836. The molecule has 1 rings (SSSR count). The average Bonchev–Trinajstić information content (AvgIpc) is 2.15. The molecule has 1 aromatic heterocycles. The third-order valence-electron chi connectivity index (χ3n) is 1.86. The summed E-state index contributed by atoms with van der Waals surface area (Å²) in [7, 11) is 0. The van der Waals surface area contributed by atoms with Crippen molar-refractivity contribution in [3.63, 3.8) is 0 Å². The summed E-state index contributed by atoms with van der Waals surface area (Å²) in [6, 6.07) is 5.52. The molecule has 76 valence electrons. The molecule has 0 unspecified atom stereocenters. The van der Waals surface area contributed by atoms with E-state index in [0.29, 0.717) is 11.0 Å². The van der Waals surface area contributed by atoms with Crippen LogP contribution in [0.1, 0.15) is 37.0 Å². The summed E-state index contributed by atoms with van der Waals surface area (Å²) in [4.78, 5) is 16.1. The Morgan fingerprint density at radius 2 is 2.07 bits per heavy atom. The summed E-state index contributed by atoms with van der Waals surface area (Å²) < 4.78 is 0. The van der Waals surface area contributed by atoms with Gasteiger partial charge in [0, 0.05) is 10.7 Å². The highest BCUT2D eigenvalue weighted by molar-refractivity contribution is 9.08. The molecule has 0 aliphatic carbocycles. The maximum Gasteiger partial charge on any atom is 0.186 e. The Kier molecular flexibility index (Phi) is 3.43. The van der Waals surface area contributed by atoms with Gasteiger partial charge in [0.05, 0.1) is 5.69 Å². The molecular weight excluding hydrogens is 242 g/mol. The SMILES string of the molecule is CC(C)(C)C(=O)c1cccc(CBr)n1. The minimum absolute atomic E-state index is 0.0836. The van der Waals surface area contributed by atoms with E-state index in [0.717, 1.165) is 5.69 Å². The van der Waals surface area contributed by atoms with Crippen LogP contribution < -0.4 is 0 Å². The van der Waals surface area contributed by atoms with Crippen molar-refractivity contribution in [1.29, 1.82) is 0 Å². The highest BCUT2D eigenvalue weighted by Crippen LogP contribution is 2.19. The van der Waals surface area contributed by atoms with Crippen LogP contribution in [0.5, 0.6) is 0 Å². The number of halogens is 1. The van der Waals surface area contributed by atoms with Crippen molar-refractivity contribution in [2.24, 2.45) is 5.41 Å². The maximum absolute atomic E-state index is 11.9. The summed E-state index contributed by atoms with van der Waals surface area (Å²) in [5, 5.41) is 0.679. The van der Waals surface area contributed by atoms with E-state index in [1.165, 1.54) is 0 Å². The molecule has 1 aromatic rings. The quantitative estimate of drug-likeness (QED) is 0.600. The third kappa shape index (κ3) is 2.64. The number of hydrogen-bond donors (Lipinski definition) is 0. The van der Waals surface area contributed by atoms with E-state index in [1.54, 1.807) is 6.07 Å². The van der Waals surface area contributed by atoms with E-state index in [9.17, 15) is 4.79 Å². The zero-order chi connectivity index (χ0) is 10.8. The maximum atomic E-state index is 11.9. The Balaban J connectivity index is 3.02. The molecule has 0 saturated carbocycles. The minimum atomic E-state index is -0.363. The Labute approximate surface area is 92.9 Å². The number of Topliss-reactive ketones (excluding diaryl/α,β-unsaturated/α-hetero) is 1. The van der Waals surface area contributed by atoms with Gasteiger partial charge in [-0.2, -0.15) is 0 Å². The Morgan fingerprint density at radius 3 is 2.57 bits per heavy atom. The van der Waals surface area contributed by atoms with Gasteiger partial charge in [-0.25, -0.2) is 4.98 Å². The molecule has 14 heavy (non-hydrogen) atoms. The normalized spacial score (nSPS) is 11.4. The van der Waals surface area contributed by atoms with Crippen LogP contribution in [0.25, 0.3) is 0 Å². The second kappa shape index (κ2) is 4.22. The Bertz CT molecular complexity index is 341. The first-order valence-corrected chi connectivity index (χ1v) is 5.64. The van der Waals surface area contributed by atoms with Crippen molar-refractivity contribution < 1.29 is 4.79 Å². The molecule has 0 saturated heterocycles. The lowest BCUT2D eigenvalue weighted by Gasteiger charge is -2.15. The van der Waals surface area contributed by atoms with Crippen LogP contribution >= 0.6 is 15.9 Å². The Morgan fingerprint density at radius 1 is 1.43 bits per heavy atom. The summed E-state index contributed by atoms with van der Waals surface area (Å²) in [5.41, 5.74) is 1.08. The van der Waals surface area contributed by atoms with Gasteiger partial charge in [0.25, 0.3) is 0 Å². The highest BCUT2D eigenvalue weighted by Gasteiger charge is 2.23. The van der Waals surface area contributed by atoms with E-state index in [1.807, 2.05) is 32.9 Å². The number of pyridine rings is 1. The van der Waals surface area contributed by atoms with E-state index in [-0.39, 0.29) is 11.2 Å². The smallest absolute Gasteiger partial charge is 0.186 e. The fraction of sp³-hybridized carbons (Fsp3) is 0.455. The molecule has 0 amide bonds. The third-order valence-corrected chi connectivity index (χ3v) is 2.43. The van der Waals surface area contributed by atoms with Gasteiger partial charge in [-0.3, -0.25) is 4.79 Å². The highest BCUT2D eigenvalue weighted by atomic mass is 79.9. The molecule has 0 aliphatic heterocycles. The lowest BCUT2D eigenvalue weighted by Crippen LogP contribution is -2.21. The van der Waals surface area contributed by atoms with Crippen molar-refractivity contribution in [2.75, 3.05) is 0 Å². The predicted octanol–water partition coefficient (Wildman–Crippen LogP) is 3.21. The predicted molar refractivity (Wildman–Crippen MR) is 60.7 cm³/mol. The number of carbonyl (C=O) groups excluding carboxylic acids is 1. The van der Waals surface area contributed by atoms with E-state index in [2.05, 4.69) is 20.9 Å². The van der Waals surface area contributed by atoms with Crippen LogP contribution in [0, 0.1) is 5.41 Å². The largest absolute Gasteiger partial charge is 0.292 e. The first-order valence-electron chi connectivity index (χ1n) is 4.52. The van der Waals surface area contributed by atoms with Gasteiger partial charge >= 0.3 is 0 Å². The number of ketones is 1. The summed E-state index contributed by atoms with van der Waals surface area (Å²) >= 11 is 3.32. The van der Waals surface area contributed by atoms with Crippen LogP contribution in [-0.4, -0.2) is 10.8 Å². The van der Waals surface area contributed by atoms with Gasteiger partial charge < -0.3 is 0 Å². The number of rotatable bonds is 2. The molecule has 0 atom stereocenters. The van der Waals surface area contributed by atoms with E-state index >= 15 is 0 Å². The number of nitrogens with zero attached hydrogens (tertiary/aromatic N) is 1. The number of carbonyl (C=O) groups is 1. The van der Waals surface area contributed by atoms with Gasteiger partial charge in [0.15, 0.2) is 5.78 Å². The zero-order valence-electron chi connectivity index (χ0n) is 8.67. The molecule has 0 spiro atoms. The molecule has 0 radical (unpaired) electrons. The number of hydrogen-bond acceptors (Lipinski definition) is 2. The summed E-state index contributed by atoms with van der Waals surface area (Å²) in [6.07, 6.45) is 0. The fourth-order valence-corrected chi connectivity index (χ4v) is 1.38. The lowest BCUT2D eigenvalue weighted by atomic mass is 9.89. The van der Waals surface area contributed by atoms with Gasteiger partial charge in [-0.05, 0) is 12.1 Å². The summed E-state index contributed by atoms with van der Waals surface area (Å²) in [6.45, 7) is 5.70. The number of aromatic nitrogens is 1.